The number of aliphatic carboxylic acids is 1. The van der Waals surface area contributed by atoms with Gasteiger partial charge in [-0.15, -0.1) is 0 Å². The van der Waals surface area contributed by atoms with Crippen molar-refractivity contribution in [3.05, 3.63) is 95.6 Å². The van der Waals surface area contributed by atoms with Gasteiger partial charge in [-0.2, -0.15) is 0 Å². The maximum atomic E-state index is 14.1. The largest absolute Gasteiger partial charge is 0.508 e. The molecule has 0 aliphatic heterocycles. The van der Waals surface area contributed by atoms with Crippen molar-refractivity contribution in [2.45, 2.75) is 138 Å². The number of nitrogens with two attached hydrogens (primary N) is 8. The van der Waals surface area contributed by atoms with E-state index in [1.165, 1.54) is 36.4 Å². The van der Waals surface area contributed by atoms with Gasteiger partial charge < -0.3 is 109 Å². The summed E-state index contributed by atoms with van der Waals surface area (Å²) in [6.45, 7) is -1.06. The average Bonchev–Trinajstić information content (AvgIpc) is 1.02. The van der Waals surface area contributed by atoms with E-state index in [-0.39, 0.29) is 107 Å². The van der Waals surface area contributed by atoms with Crippen molar-refractivity contribution < 1.29 is 68.1 Å². The molecule has 8 atom stereocenters. The number of hydrogen-bond acceptors (Lipinski definition) is 18. The molecule has 0 unspecified atom stereocenters. The van der Waals surface area contributed by atoms with Crippen molar-refractivity contribution in [2.75, 3.05) is 39.3 Å². The summed E-state index contributed by atoms with van der Waals surface area (Å²) in [7, 11) is 0. The Morgan fingerprint density at radius 1 is 0.402 bits per heavy atom. The maximum Gasteiger partial charge on any atom is 0.326 e. The molecule has 0 aromatic heterocycles. The van der Waals surface area contributed by atoms with E-state index < -0.39 is 133 Å². The molecule has 0 spiro atoms. The molecule has 3 aromatic carbocycles. The number of primary amides is 1. The van der Waals surface area contributed by atoms with Crippen LogP contribution in [0.2, 0.25) is 0 Å². The number of aromatic hydroxyl groups is 2. The first-order valence-corrected chi connectivity index (χ1v) is 29.8. The molecule has 3 rings (SSSR count). The van der Waals surface area contributed by atoms with Crippen LogP contribution in [-0.4, -0.2) is 180 Å². The molecular formula is C59H89N19O14. The fourth-order valence-corrected chi connectivity index (χ4v) is 9.02. The normalized spacial score (nSPS) is 13.4. The molecule has 0 aliphatic carbocycles. The minimum absolute atomic E-state index is 0.00290. The first-order valence-electron chi connectivity index (χ1n) is 29.8. The highest BCUT2D eigenvalue weighted by molar-refractivity contribution is 5.98. The van der Waals surface area contributed by atoms with Crippen LogP contribution in [0.1, 0.15) is 87.3 Å². The Labute approximate surface area is 531 Å². The summed E-state index contributed by atoms with van der Waals surface area (Å²) in [5.74, 6) is -11.2. The van der Waals surface area contributed by atoms with Crippen molar-refractivity contribution in [1.29, 1.82) is 0 Å². The third-order valence-electron chi connectivity index (χ3n) is 13.9. The number of phenols is 2. The fourth-order valence-electron chi connectivity index (χ4n) is 9.02. The van der Waals surface area contributed by atoms with Crippen LogP contribution in [0, 0.1) is 0 Å². The van der Waals surface area contributed by atoms with Crippen LogP contribution in [0.25, 0.3) is 0 Å². The number of hydrogen-bond donors (Lipinski definition) is 20. The van der Waals surface area contributed by atoms with Gasteiger partial charge in [0.25, 0.3) is 0 Å². The molecule has 0 heterocycles. The standard InChI is InChI=1S/C59H89N19O14/c60-24-6-4-12-41(72-48(82)32-71-52(86)44(30-36-18-22-38(80)23-19-36)77-54(88)42(15-9-27-69-59(66)67)74-50(84)39(62)28-35-16-20-37(79)21-17-35)53(87)78-46(31-47(63)81)56(90)75-40(14-8-26-68-58(64)65)51(85)70-33-49(83)73-45(29-34-10-2-1-3-11-34)55(89)76-43(57(91)92)13-5-7-25-61/h1-3,10-11,16-23,39-46,79-80H,4-9,12-15,24-33,60-62H2,(H2,63,81)(H,70,85)(H,71,86)(H,72,82)(H,73,83)(H,74,84)(H,75,90)(H,76,89)(H,77,88)(H,78,87)(H,91,92)(H4,64,65,68)(H4,66,67,69)/t39-,40-,41-,42-,43-,44-,45-,46-/m0/s1. The van der Waals surface area contributed by atoms with Gasteiger partial charge in [-0.05, 0) is 125 Å². The van der Waals surface area contributed by atoms with Crippen LogP contribution >= 0.6 is 0 Å². The highest BCUT2D eigenvalue weighted by Crippen LogP contribution is 2.15. The predicted molar refractivity (Wildman–Crippen MR) is 338 cm³/mol. The van der Waals surface area contributed by atoms with E-state index in [2.05, 4.69) is 57.8 Å². The highest BCUT2D eigenvalue weighted by atomic mass is 16.4. The van der Waals surface area contributed by atoms with Gasteiger partial charge in [0.2, 0.25) is 59.1 Å². The zero-order valence-corrected chi connectivity index (χ0v) is 51.1. The van der Waals surface area contributed by atoms with Gasteiger partial charge in [0.1, 0.15) is 53.8 Å². The maximum absolute atomic E-state index is 14.1. The number of carbonyl (C=O) groups is 11. The quantitative estimate of drug-likeness (QED) is 0.0143. The molecule has 33 heteroatoms. The zero-order valence-electron chi connectivity index (χ0n) is 51.1. The van der Waals surface area contributed by atoms with Crippen molar-refractivity contribution in [3.63, 3.8) is 0 Å². The Morgan fingerprint density at radius 3 is 1.24 bits per heavy atom. The van der Waals surface area contributed by atoms with Gasteiger partial charge in [0.15, 0.2) is 11.9 Å². The molecule has 0 saturated heterocycles. The molecule has 28 N–H and O–H groups in total. The topological polar surface area (TPSA) is 590 Å². The predicted octanol–water partition coefficient (Wildman–Crippen LogP) is -5.60. The van der Waals surface area contributed by atoms with Crippen molar-refractivity contribution in [3.8, 4) is 11.5 Å². The number of carboxylic acid groups (broad SMARTS) is 1. The summed E-state index contributed by atoms with van der Waals surface area (Å²) in [4.78, 5) is 157. The van der Waals surface area contributed by atoms with Gasteiger partial charge in [-0.1, -0.05) is 54.6 Å². The summed E-state index contributed by atoms with van der Waals surface area (Å²) in [5, 5.41) is 51.9. The minimum atomic E-state index is -1.79. The molecule has 3 aromatic rings. The van der Waals surface area contributed by atoms with E-state index in [0.29, 0.717) is 42.5 Å². The number of carboxylic acids is 1. The third kappa shape index (κ3) is 30.4. The average molecular weight is 1290 g/mol. The molecule has 10 amide bonds. The molecule has 0 aliphatic rings. The van der Waals surface area contributed by atoms with Crippen molar-refractivity contribution in [1.82, 2.24) is 47.9 Å². The second kappa shape index (κ2) is 41.2. The molecule has 0 fully saturated rings. The Morgan fingerprint density at radius 2 is 0.761 bits per heavy atom. The lowest BCUT2D eigenvalue weighted by molar-refractivity contribution is -0.142. The zero-order chi connectivity index (χ0) is 68.1. The number of nitrogens with zero attached hydrogens (tertiary/aromatic N) is 2. The molecule has 504 valence electrons. The van der Waals surface area contributed by atoms with Crippen LogP contribution in [0.5, 0.6) is 11.5 Å². The van der Waals surface area contributed by atoms with Gasteiger partial charge in [-0.25, -0.2) is 4.79 Å². The Kier molecular flexibility index (Phi) is 34.1. The van der Waals surface area contributed by atoms with Crippen LogP contribution in [0.4, 0.5) is 0 Å². The number of phenolic OH excluding ortho intramolecular Hbond substituents is 2. The van der Waals surface area contributed by atoms with E-state index in [1.54, 1.807) is 42.5 Å². The molecule has 0 saturated carbocycles. The molecule has 92 heavy (non-hydrogen) atoms. The third-order valence-corrected chi connectivity index (χ3v) is 13.9. The van der Waals surface area contributed by atoms with Gasteiger partial charge in [-0.3, -0.25) is 57.9 Å². The van der Waals surface area contributed by atoms with Gasteiger partial charge >= 0.3 is 5.97 Å². The van der Waals surface area contributed by atoms with E-state index >= 15 is 0 Å². The second-order valence-corrected chi connectivity index (χ2v) is 21.5. The summed E-state index contributed by atoms with van der Waals surface area (Å²) in [6, 6.07) is 8.85. The van der Waals surface area contributed by atoms with E-state index in [0.717, 1.165) is 0 Å². The second-order valence-electron chi connectivity index (χ2n) is 21.5. The lowest BCUT2D eigenvalue weighted by Gasteiger charge is -2.25. The number of nitrogens with one attached hydrogen (secondary N) is 9. The Balaban J connectivity index is 1.82. The lowest BCUT2D eigenvalue weighted by atomic mass is 10.0. The fraction of sp³-hybridized carbons (Fsp3) is 0.475. The van der Waals surface area contributed by atoms with Crippen LogP contribution in [-0.2, 0) is 72.0 Å². The van der Waals surface area contributed by atoms with Crippen LogP contribution in [0.15, 0.2) is 88.8 Å². The first-order chi connectivity index (χ1) is 43.8. The monoisotopic (exact) mass is 1290 g/mol. The number of rotatable bonds is 43. The minimum Gasteiger partial charge on any atom is -0.508 e. The highest BCUT2D eigenvalue weighted by Gasteiger charge is 2.33. The molecule has 0 radical (unpaired) electrons. The molecule has 0 bridgehead atoms. The summed E-state index contributed by atoms with van der Waals surface area (Å²) < 4.78 is 0. The van der Waals surface area contributed by atoms with Crippen molar-refractivity contribution >= 4 is 77.0 Å². The van der Waals surface area contributed by atoms with Gasteiger partial charge in [0.05, 0.1) is 25.6 Å². The summed E-state index contributed by atoms with van der Waals surface area (Å²) in [5.41, 5.74) is 46.6. The Hall–Kier alpha value is -10.2. The summed E-state index contributed by atoms with van der Waals surface area (Å²) in [6.07, 6.45) is 0.379. The van der Waals surface area contributed by atoms with E-state index in [9.17, 15) is 68.1 Å². The van der Waals surface area contributed by atoms with E-state index in [1.807, 2.05) is 0 Å². The molecular weight excluding hydrogens is 1200 g/mol. The number of aliphatic imine (C=N–C) groups is 2. The summed E-state index contributed by atoms with van der Waals surface area (Å²) >= 11 is 0. The SMILES string of the molecule is NCCCC[C@H](NC(=O)[C@H](Cc1ccccc1)NC(=O)CNC(=O)[C@H](CCCN=C(N)N)NC(=O)[C@H](CC(N)=O)NC(=O)[C@H](CCCCN)NC(=O)CNC(=O)[C@H](Cc1ccc(O)cc1)NC(=O)[C@H](CCCN=C(N)N)NC(=O)[C@@H](N)Cc1ccc(O)cc1)C(=O)O. The first kappa shape index (κ1) is 76.1. The number of carbonyl (C=O) groups excluding carboxylic acids is 10. The van der Waals surface area contributed by atoms with Crippen LogP contribution in [0.3, 0.4) is 0 Å². The van der Waals surface area contributed by atoms with Crippen LogP contribution < -0.4 is 93.7 Å². The van der Waals surface area contributed by atoms with Gasteiger partial charge in [0, 0.05) is 25.9 Å². The lowest BCUT2D eigenvalue weighted by Crippen LogP contribution is -2.59. The van der Waals surface area contributed by atoms with E-state index in [4.69, 9.17) is 45.9 Å². The number of amides is 10. The number of benzene rings is 3. The number of guanidine groups is 2. The smallest absolute Gasteiger partial charge is 0.326 e. The number of unbranched alkanes of at least 4 members (excludes halogenated alkanes) is 2. The van der Waals surface area contributed by atoms with Crippen molar-refractivity contribution in [2.24, 2.45) is 55.9 Å². The Bertz CT molecular complexity index is 2970. The molecule has 33 nitrogen and oxygen atoms in total.